The van der Waals surface area contributed by atoms with Gasteiger partial charge >= 0.3 is 11.9 Å². The predicted octanol–water partition coefficient (Wildman–Crippen LogP) is 3.14. The number of carboxylic acid groups (broad SMARTS) is 2. The number of aromatic hydroxyl groups is 1. The molecule has 1 amide bonds. The molecule has 0 saturated carbocycles. The summed E-state index contributed by atoms with van der Waals surface area (Å²) in [5, 5.41) is 30.7. The van der Waals surface area contributed by atoms with E-state index in [-0.39, 0.29) is 22.7 Å². The Bertz CT molecular complexity index is 861. The zero-order valence-electron chi connectivity index (χ0n) is 15.5. The normalized spacial score (nSPS) is 11.8. The molecule has 0 bridgehead atoms. The highest BCUT2D eigenvalue weighted by Crippen LogP contribution is 2.22. The number of anilines is 1. The molecule has 1 atom stereocenters. The van der Waals surface area contributed by atoms with Gasteiger partial charge in [0, 0.05) is 6.20 Å². The minimum atomic E-state index is -1.23. The maximum atomic E-state index is 12.3. The van der Waals surface area contributed by atoms with Gasteiger partial charge in [-0.25, -0.2) is 14.6 Å². The average Bonchev–Trinajstić information content (AvgIpc) is 3.09. The van der Waals surface area contributed by atoms with Crippen LogP contribution in [0.4, 0.5) is 5.82 Å². The van der Waals surface area contributed by atoms with Crippen molar-refractivity contribution in [3.63, 3.8) is 0 Å². The van der Waals surface area contributed by atoms with Crippen LogP contribution < -0.4 is 5.32 Å². The molecule has 1 aromatic heterocycles. The first kappa shape index (κ1) is 20.9. The van der Waals surface area contributed by atoms with Gasteiger partial charge < -0.3 is 25.2 Å². The van der Waals surface area contributed by atoms with Crippen molar-refractivity contribution in [2.75, 3.05) is 5.32 Å². The van der Waals surface area contributed by atoms with Gasteiger partial charge in [-0.2, -0.15) is 0 Å². The molecule has 0 aliphatic carbocycles. The summed E-state index contributed by atoms with van der Waals surface area (Å²) in [6.45, 7) is 2.07. The Morgan fingerprint density at radius 2 is 1.93 bits per heavy atom. The number of rotatable bonds is 10. The third kappa shape index (κ3) is 5.32. The standard InChI is InChI=1S/C19H23N3O6/c1-2-3-4-5-6-14(19(27)28)22-10-16(20-11-22)21-17(24)13-9-12(18(25)26)7-8-15(13)23/h7-11,14,23H,2-6H2,1H3,(H,21,24)(H,25,26)(H,27,28). The summed E-state index contributed by atoms with van der Waals surface area (Å²) >= 11 is 0. The molecule has 1 unspecified atom stereocenters. The van der Waals surface area contributed by atoms with Crippen molar-refractivity contribution in [1.29, 1.82) is 0 Å². The minimum absolute atomic E-state index is 0.102. The van der Waals surface area contributed by atoms with Gasteiger partial charge in [0.1, 0.15) is 11.8 Å². The van der Waals surface area contributed by atoms with Crippen LogP contribution in [0, 0.1) is 0 Å². The number of aromatic carboxylic acids is 1. The highest BCUT2D eigenvalue weighted by Gasteiger charge is 2.21. The van der Waals surface area contributed by atoms with Gasteiger partial charge in [0.2, 0.25) is 0 Å². The van der Waals surface area contributed by atoms with Gasteiger partial charge in [-0.05, 0) is 24.6 Å². The number of benzene rings is 1. The van der Waals surface area contributed by atoms with Crippen LogP contribution in [0.5, 0.6) is 5.75 Å². The van der Waals surface area contributed by atoms with Crippen LogP contribution >= 0.6 is 0 Å². The smallest absolute Gasteiger partial charge is 0.335 e. The van der Waals surface area contributed by atoms with E-state index in [0.717, 1.165) is 37.8 Å². The number of aliphatic carboxylic acids is 1. The molecule has 0 fully saturated rings. The molecule has 0 aliphatic rings. The number of hydrogen-bond acceptors (Lipinski definition) is 5. The van der Waals surface area contributed by atoms with Crippen molar-refractivity contribution in [1.82, 2.24) is 9.55 Å². The number of hydrogen-bond donors (Lipinski definition) is 4. The summed E-state index contributed by atoms with van der Waals surface area (Å²) in [7, 11) is 0. The van der Waals surface area contributed by atoms with Gasteiger partial charge in [0.05, 0.1) is 17.5 Å². The lowest BCUT2D eigenvalue weighted by Crippen LogP contribution is -2.18. The Morgan fingerprint density at radius 1 is 1.18 bits per heavy atom. The Labute approximate surface area is 161 Å². The minimum Gasteiger partial charge on any atom is -0.507 e. The lowest BCUT2D eigenvalue weighted by molar-refractivity contribution is -0.141. The van der Waals surface area contributed by atoms with E-state index >= 15 is 0 Å². The Kier molecular flexibility index (Phi) is 7.14. The van der Waals surface area contributed by atoms with Gasteiger partial charge in [-0.3, -0.25) is 4.79 Å². The van der Waals surface area contributed by atoms with Crippen molar-refractivity contribution in [3.05, 3.63) is 41.9 Å². The fourth-order valence-corrected chi connectivity index (χ4v) is 2.77. The maximum Gasteiger partial charge on any atom is 0.335 e. The summed E-state index contributed by atoms with van der Waals surface area (Å²) in [6, 6.07) is 2.56. The summed E-state index contributed by atoms with van der Waals surface area (Å²) in [5.41, 5.74) is -0.365. The predicted molar refractivity (Wildman–Crippen MR) is 101 cm³/mol. The number of carboxylic acids is 2. The zero-order valence-corrected chi connectivity index (χ0v) is 15.5. The second kappa shape index (κ2) is 9.54. The van der Waals surface area contributed by atoms with E-state index in [2.05, 4.69) is 17.2 Å². The van der Waals surface area contributed by atoms with Crippen molar-refractivity contribution in [3.8, 4) is 5.75 Å². The highest BCUT2D eigenvalue weighted by molar-refractivity contribution is 6.07. The van der Waals surface area contributed by atoms with E-state index in [4.69, 9.17) is 5.11 Å². The number of nitrogens with zero attached hydrogens (tertiary/aromatic N) is 2. The quantitative estimate of drug-likeness (QED) is 0.457. The van der Waals surface area contributed by atoms with Gasteiger partial charge in [0.15, 0.2) is 5.82 Å². The molecule has 150 valence electrons. The molecule has 9 heteroatoms. The SMILES string of the molecule is CCCCCCC(C(=O)O)n1cnc(NC(=O)c2cc(C(=O)O)ccc2O)c1. The lowest BCUT2D eigenvalue weighted by atomic mass is 10.1. The maximum absolute atomic E-state index is 12.3. The fourth-order valence-electron chi connectivity index (χ4n) is 2.77. The average molecular weight is 389 g/mol. The first-order chi connectivity index (χ1) is 13.3. The molecule has 0 saturated heterocycles. The van der Waals surface area contributed by atoms with E-state index < -0.39 is 23.9 Å². The molecule has 1 aromatic carbocycles. The number of carbonyl (C=O) groups is 3. The molecule has 4 N–H and O–H groups in total. The summed E-state index contributed by atoms with van der Waals surface area (Å²) < 4.78 is 1.41. The number of phenolic OH excluding ortho intramolecular Hbond substituents is 1. The molecule has 9 nitrogen and oxygen atoms in total. The Balaban J connectivity index is 2.11. The molecule has 0 aliphatic heterocycles. The summed E-state index contributed by atoms with van der Waals surface area (Å²) in [5.74, 6) is -3.24. The third-order valence-corrected chi connectivity index (χ3v) is 4.31. The molecule has 0 spiro atoms. The Hall–Kier alpha value is -3.36. The molecular weight excluding hydrogens is 366 g/mol. The molecule has 2 aromatic rings. The number of imidazole rings is 1. The fraction of sp³-hybridized carbons (Fsp3) is 0.368. The van der Waals surface area contributed by atoms with Crippen LogP contribution in [0.2, 0.25) is 0 Å². The number of unbranched alkanes of at least 4 members (excludes halogenated alkanes) is 3. The number of carbonyl (C=O) groups excluding carboxylic acids is 1. The summed E-state index contributed by atoms with van der Waals surface area (Å²) in [4.78, 5) is 38.9. The number of amides is 1. The van der Waals surface area contributed by atoms with Crippen molar-refractivity contribution >= 4 is 23.7 Å². The number of phenols is 1. The van der Waals surface area contributed by atoms with Gasteiger partial charge in [0.25, 0.3) is 5.91 Å². The summed E-state index contributed by atoms with van der Waals surface area (Å²) in [6.07, 6.45) is 6.96. The van der Waals surface area contributed by atoms with E-state index in [1.807, 2.05) is 0 Å². The highest BCUT2D eigenvalue weighted by atomic mass is 16.4. The third-order valence-electron chi connectivity index (χ3n) is 4.31. The molecule has 28 heavy (non-hydrogen) atoms. The largest absolute Gasteiger partial charge is 0.507 e. The number of nitrogens with one attached hydrogen (secondary N) is 1. The van der Waals surface area contributed by atoms with Crippen LogP contribution in [0.15, 0.2) is 30.7 Å². The zero-order chi connectivity index (χ0) is 20.7. The van der Waals surface area contributed by atoms with Crippen LogP contribution in [-0.2, 0) is 4.79 Å². The van der Waals surface area contributed by atoms with E-state index in [0.29, 0.717) is 6.42 Å². The lowest BCUT2D eigenvalue weighted by Gasteiger charge is -2.13. The Morgan fingerprint density at radius 3 is 2.57 bits per heavy atom. The van der Waals surface area contributed by atoms with E-state index in [1.54, 1.807) is 0 Å². The van der Waals surface area contributed by atoms with Crippen molar-refractivity contribution in [2.45, 2.75) is 45.1 Å². The van der Waals surface area contributed by atoms with Crippen LogP contribution in [0.3, 0.4) is 0 Å². The molecule has 1 heterocycles. The van der Waals surface area contributed by atoms with Gasteiger partial charge in [-0.1, -0.05) is 32.6 Å². The molecule has 2 rings (SSSR count). The van der Waals surface area contributed by atoms with Crippen LogP contribution in [0.1, 0.15) is 65.8 Å². The molecule has 0 radical (unpaired) electrons. The van der Waals surface area contributed by atoms with Crippen LogP contribution in [-0.4, -0.2) is 42.7 Å². The van der Waals surface area contributed by atoms with E-state index in [9.17, 15) is 24.6 Å². The second-order valence-electron chi connectivity index (χ2n) is 6.40. The van der Waals surface area contributed by atoms with Crippen molar-refractivity contribution in [2.24, 2.45) is 0 Å². The van der Waals surface area contributed by atoms with Crippen molar-refractivity contribution < 1.29 is 29.7 Å². The first-order valence-electron chi connectivity index (χ1n) is 8.97. The van der Waals surface area contributed by atoms with Gasteiger partial charge in [-0.15, -0.1) is 0 Å². The number of aromatic nitrogens is 2. The second-order valence-corrected chi connectivity index (χ2v) is 6.40. The topological polar surface area (TPSA) is 142 Å². The molecular formula is C19H23N3O6. The van der Waals surface area contributed by atoms with Crippen LogP contribution in [0.25, 0.3) is 0 Å². The first-order valence-corrected chi connectivity index (χ1v) is 8.97. The van der Waals surface area contributed by atoms with E-state index in [1.165, 1.54) is 23.2 Å². The monoisotopic (exact) mass is 389 g/mol.